The van der Waals surface area contributed by atoms with Crippen molar-refractivity contribution in [1.82, 2.24) is 9.78 Å². The van der Waals surface area contributed by atoms with Crippen LogP contribution < -0.4 is 0 Å². The van der Waals surface area contributed by atoms with Crippen molar-refractivity contribution in [2.45, 2.75) is 20.3 Å². The molecule has 1 N–H and O–H groups in total. The van der Waals surface area contributed by atoms with E-state index in [4.69, 9.17) is 5.11 Å². The molecule has 2 rings (SSSR count). The molecular formula is C14H15FN2O2. The van der Waals surface area contributed by atoms with Gasteiger partial charge in [-0.05, 0) is 36.6 Å². The molecule has 1 heterocycles. The van der Waals surface area contributed by atoms with Crippen molar-refractivity contribution in [2.75, 3.05) is 0 Å². The Hall–Kier alpha value is -2.17. The number of aromatic carboxylic acids is 1. The second kappa shape index (κ2) is 5.22. The predicted octanol–water partition coefficient (Wildman–Crippen LogP) is 2.91. The number of carbonyl (C=O) groups is 1. The molecule has 19 heavy (non-hydrogen) atoms. The third kappa shape index (κ3) is 2.99. The highest BCUT2D eigenvalue weighted by molar-refractivity contribution is 5.85. The molecule has 0 aliphatic carbocycles. The lowest BCUT2D eigenvalue weighted by Crippen LogP contribution is -2.06. The van der Waals surface area contributed by atoms with Crippen LogP contribution in [0.1, 0.15) is 30.0 Å². The van der Waals surface area contributed by atoms with Gasteiger partial charge >= 0.3 is 5.97 Å². The summed E-state index contributed by atoms with van der Waals surface area (Å²) in [5.74, 6) is -1.11. The van der Waals surface area contributed by atoms with Gasteiger partial charge in [0.2, 0.25) is 0 Å². The lowest BCUT2D eigenvalue weighted by Gasteiger charge is -2.09. The largest absolute Gasteiger partial charge is 0.476 e. The number of benzene rings is 1. The van der Waals surface area contributed by atoms with E-state index < -0.39 is 5.97 Å². The second-order valence-electron chi connectivity index (χ2n) is 4.82. The Morgan fingerprint density at radius 2 is 2.16 bits per heavy atom. The Balaban J connectivity index is 2.50. The molecule has 0 unspecified atom stereocenters. The zero-order valence-corrected chi connectivity index (χ0v) is 10.8. The minimum Gasteiger partial charge on any atom is -0.476 e. The van der Waals surface area contributed by atoms with Gasteiger partial charge in [0.1, 0.15) is 5.82 Å². The van der Waals surface area contributed by atoms with Crippen molar-refractivity contribution in [1.29, 1.82) is 0 Å². The van der Waals surface area contributed by atoms with Crippen LogP contribution in [0.3, 0.4) is 0 Å². The number of carboxylic acid groups (broad SMARTS) is 1. The molecule has 100 valence electrons. The van der Waals surface area contributed by atoms with Crippen LogP contribution in [0.25, 0.3) is 5.69 Å². The van der Waals surface area contributed by atoms with Crippen molar-refractivity contribution >= 4 is 5.97 Å². The number of rotatable bonds is 4. The highest BCUT2D eigenvalue weighted by Crippen LogP contribution is 2.17. The third-order valence-corrected chi connectivity index (χ3v) is 2.67. The number of carboxylic acids is 1. The van der Waals surface area contributed by atoms with Gasteiger partial charge in [0.05, 0.1) is 5.69 Å². The van der Waals surface area contributed by atoms with E-state index in [1.165, 1.54) is 22.9 Å². The van der Waals surface area contributed by atoms with Crippen LogP contribution in [0.2, 0.25) is 0 Å². The summed E-state index contributed by atoms with van der Waals surface area (Å²) in [5.41, 5.74) is 1.26. The maximum absolute atomic E-state index is 13.3. The van der Waals surface area contributed by atoms with Crippen LogP contribution in [0, 0.1) is 11.7 Å². The summed E-state index contributed by atoms with van der Waals surface area (Å²) in [6, 6.07) is 7.49. The van der Waals surface area contributed by atoms with E-state index in [1.807, 2.05) is 13.8 Å². The van der Waals surface area contributed by atoms with Gasteiger partial charge in [0.25, 0.3) is 0 Å². The summed E-state index contributed by atoms with van der Waals surface area (Å²) >= 11 is 0. The van der Waals surface area contributed by atoms with Gasteiger partial charge in [0, 0.05) is 5.69 Å². The van der Waals surface area contributed by atoms with E-state index in [-0.39, 0.29) is 11.5 Å². The molecular weight excluding hydrogens is 247 g/mol. The van der Waals surface area contributed by atoms with E-state index in [2.05, 4.69) is 5.10 Å². The van der Waals surface area contributed by atoms with Gasteiger partial charge in [0.15, 0.2) is 5.69 Å². The molecule has 1 aromatic carbocycles. The summed E-state index contributed by atoms with van der Waals surface area (Å²) < 4.78 is 14.7. The Kier molecular flexibility index (Phi) is 3.64. The quantitative estimate of drug-likeness (QED) is 0.921. The molecule has 0 saturated heterocycles. The van der Waals surface area contributed by atoms with E-state index in [0.717, 1.165) is 5.69 Å². The molecule has 0 fully saturated rings. The van der Waals surface area contributed by atoms with E-state index in [9.17, 15) is 9.18 Å². The molecule has 0 amide bonds. The Labute approximate surface area is 110 Å². The van der Waals surface area contributed by atoms with Gasteiger partial charge in [-0.25, -0.2) is 13.9 Å². The molecule has 0 radical (unpaired) electrons. The lowest BCUT2D eigenvalue weighted by atomic mass is 10.1. The fourth-order valence-electron chi connectivity index (χ4n) is 1.92. The Morgan fingerprint density at radius 1 is 1.42 bits per heavy atom. The first kappa shape index (κ1) is 13.3. The SMILES string of the molecule is CC(C)Cc1cc(C(=O)O)nn1-c1cccc(F)c1. The summed E-state index contributed by atoms with van der Waals surface area (Å²) in [7, 11) is 0. The number of hydrogen-bond acceptors (Lipinski definition) is 2. The Bertz CT molecular complexity index is 605. The highest BCUT2D eigenvalue weighted by Gasteiger charge is 2.15. The van der Waals surface area contributed by atoms with Crippen LogP contribution in [0.15, 0.2) is 30.3 Å². The Morgan fingerprint density at radius 3 is 2.74 bits per heavy atom. The smallest absolute Gasteiger partial charge is 0.356 e. The monoisotopic (exact) mass is 262 g/mol. The zero-order valence-electron chi connectivity index (χ0n) is 10.8. The van der Waals surface area contributed by atoms with Crippen LogP contribution in [0.4, 0.5) is 4.39 Å². The van der Waals surface area contributed by atoms with Gasteiger partial charge in [-0.1, -0.05) is 19.9 Å². The first-order valence-corrected chi connectivity index (χ1v) is 6.05. The molecule has 0 atom stereocenters. The molecule has 4 nitrogen and oxygen atoms in total. The van der Waals surface area contributed by atoms with Crippen molar-refractivity contribution in [2.24, 2.45) is 5.92 Å². The first-order chi connectivity index (χ1) is 8.97. The van der Waals surface area contributed by atoms with Crippen molar-refractivity contribution in [3.05, 3.63) is 47.5 Å². The second-order valence-corrected chi connectivity index (χ2v) is 4.82. The standard InChI is InChI=1S/C14H15FN2O2/c1-9(2)6-12-8-13(14(18)19)16-17(12)11-5-3-4-10(15)7-11/h3-5,7-9H,6H2,1-2H3,(H,18,19). The minimum atomic E-state index is -1.08. The van der Waals surface area contributed by atoms with E-state index in [1.54, 1.807) is 12.1 Å². The number of halogens is 1. The van der Waals surface area contributed by atoms with Gasteiger partial charge in [-0.15, -0.1) is 0 Å². The van der Waals surface area contributed by atoms with Gasteiger partial charge in [-0.2, -0.15) is 5.10 Å². The average Bonchev–Trinajstić information content (AvgIpc) is 2.72. The molecule has 0 aliphatic rings. The highest BCUT2D eigenvalue weighted by atomic mass is 19.1. The maximum atomic E-state index is 13.3. The number of hydrogen-bond donors (Lipinski definition) is 1. The summed E-state index contributed by atoms with van der Waals surface area (Å²) in [6.07, 6.45) is 0.677. The van der Waals surface area contributed by atoms with Crippen LogP contribution in [-0.4, -0.2) is 20.9 Å². The number of aromatic nitrogens is 2. The van der Waals surface area contributed by atoms with Crippen molar-refractivity contribution < 1.29 is 14.3 Å². The topological polar surface area (TPSA) is 55.1 Å². The summed E-state index contributed by atoms with van der Waals surface area (Å²) in [5, 5.41) is 13.0. The average molecular weight is 262 g/mol. The summed E-state index contributed by atoms with van der Waals surface area (Å²) in [4.78, 5) is 11.0. The predicted molar refractivity (Wildman–Crippen MR) is 69.0 cm³/mol. The molecule has 2 aromatic rings. The molecule has 0 saturated carbocycles. The van der Waals surface area contributed by atoms with Gasteiger partial charge in [-0.3, -0.25) is 0 Å². The van der Waals surface area contributed by atoms with Crippen molar-refractivity contribution in [3.63, 3.8) is 0 Å². The van der Waals surface area contributed by atoms with Crippen LogP contribution in [-0.2, 0) is 6.42 Å². The molecule has 0 spiro atoms. The fraction of sp³-hybridized carbons (Fsp3) is 0.286. The normalized spacial score (nSPS) is 10.9. The third-order valence-electron chi connectivity index (χ3n) is 2.67. The van der Waals surface area contributed by atoms with E-state index >= 15 is 0 Å². The lowest BCUT2D eigenvalue weighted by molar-refractivity contribution is 0.0690. The van der Waals surface area contributed by atoms with Crippen LogP contribution in [0.5, 0.6) is 0 Å². The molecule has 0 aliphatic heterocycles. The number of nitrogens with zero attached hydrogens (tertiary/aromatic N) is 2. The van der Waals surface area contributed by atoms with Crippen molar-refractivity contribution in [3.8, 4) is 5.69 Å². The molecule has 5 heteroatoms. The zero-order chi connectivity index (χ0) is 14.0. The minimum absolute atomic E-state index is 0.0279. The fourth-order valence-corrected chi connectivity index (χ4v) is 1.92. The van der Waals surface area contributed by atoms with Gasteiger partial charge < -0.3 is 5.11 Å². The first-order valence-electron chi connectivity index (χ1n) is 6.05. The molecule has 1 aromatic heterocycles. The maximum Gasteiger partial charge on any atom is 0.356 e. The molecule has 0 bridgehead atoms. The van der Waals surface area contributed by atoms with Crippen LogP contribution >= 0.6 is 0 Å². The van der Waals surface area contributed by atoms with E-state index in [0.29, 0.717) is 18.0 Å². The summed E-state index contributed by atoms with van der Waals surface area (Å²) in [6.45, 7) is 4.06.